The van der Waals surface area contributed by atoms with E-state index in [0.717, 1.165) is 18.7 Å². The molecule has 25 heavy (non-hydrogen) atoms. The Morgan fingerprint density at radius 2 is 2.12 bits per heavy atom. The number of carbonyl (C=O) groups is 1. The normalized spacial score (nSPS) is 16.9. The second kappa shape index (κ2) is 5.88. The maximum atomic E-state index is 13.5. The second-order valence-electron chi connectivity index (χ2n) is 6.29. The number of nitrogens with zero attached hydrogens (tertiary/aromatic N) is 2. The van der Waals surface area contributed by atoms with E-state index in [2.05, 4.69) is 9.55 Å². The SMILES string of the molecule is CC[C@H]1c2cccn2CCN1C(=O)c1cc(=O)[nH]c2cc(F)ccc12. The lowest BCUT2D eigenvalue weighted by molar-refractivity contribution is 0.0619. The summed E-state index contributed by atoms with van der Waals surface area (Å²) in [6.07, 6.45) is 2.80. The second-order valence-corrected chi connectivity index (χ2v) is 6.29. The van der Waals surface area contributed by atoms with Gasteiger partial charge in [-0.2, -0.15) is 0 Å². The van der Waals surface area contributed by atoms with E-state index >= 15 is 0 Å². The fourth-order valence-corrected chi connectivity index (χ4v) is 3.70. The minimum Gasteiger partial charge on any atom is -0.348 e. The smallest absolute Gasteiger partial charge is 0.255 e. The van der Waals surface area contributed by atoms with Crippen molar-refractivity contribution < 1.29 is 9.18 Å². The van der Waals surface area contributed by atoms with Gasteiger partial charge in [0.25, 0.3) is 5.91 Å². The summed E-state index contributed by atoms with van der Waals surface area (Å²) in [6, 6.07) is 9.37. The third-order valence-corrected chi connectivity index (χ3v) is 4.85. The number of fused-ring (bicyclic) bond motifs is 2. The fraction of sp³-hybridized carbons (Fsp3) is 0.263. The van der Waals surface area contributed by atoms with E-state index in [9.17, 15) is 14.0 Å². The Morgan fingerprint density at radius 3 is 2.92 bits per heavy atom. The highest BCUT2D eigenvalue weighted by Crippen LogP contribution is 2.31. The maximum absolute atomic E-state index is 13.5. The third kappa shape index (κ3) is 2.54. The molecule has 4 rings (SSSR count). The Morgan fingerprint density at radius 1 is 1.28 bits per heavy atom. The molecule has 1 aliphatic heterocycles. The first-order chi connectivity index (χ1) is 12.1. The number of carbonyl (C=O) groups excluding carboxylic acids is 1. The summed E-state index contributed by atoms with van der Waals surface area (Å²) in [5, 5.41) is 0.557. The molecule has 0 bridgehead atoms. The fourth-order valence-electron chi connectivity index (χ4n) is 3.70. The molecule has 1 aromatic carbocycles. The van der Waals surface area contributed by atoms with E-state index in [1.807, 2.05) is 30.2 Å². The molecule has 2 aromatic heterocycles. The first-order valence-electron chi connectivity index (χ1n) is 8.37. The van der Waals surface area contributed by atoms with Gasteiger partial charge in [-0.05, 0) is 36.8 Å². The van der Waals surface area contributed by atoms with Crippen LogP contribution in [0.15, 0.2) is 47.4 Å². The van der Waals surface area contributed by atoms with Crippen molar-refractivity contribution in [1.82, 2.24) is 14.5 Å². The predicted octanol–water partition coefficient (Wildman–Crippen LogP) is 3.08. The predicted molar refractivity (Wildman–Crippen MR) is 93.0 cm³/mol. The lowest BCUT2D eigenvalue weighted by Crippen LogP contribution is -2.42. The van der Waals surface area contributed by atoms with Gasteiger partial charge in [-0.15, -0.1) is 0 Å². The molecule has 1 amide bonds. The van der Waals surface area contributed by atoms with Crippen molar-refractivity contribution in [1.29, 1.82) is 0 Å². The lowest BCUT2D eigenvalue weighted by atomic mass is 10.0. The average Bonchev–Trinajstić information content (AvgIpc) is 3.07. The molecule has 1 N–H and O–H groups in total. The molecule has 0 fully saturated rings. The number of hydrogen-bond acceptors (Lipinski definition) is 2. The minimum atomic E-state index is -0.449. The molecule has 0 unspecified atom stereocenters. The van der Waals surface area contributed by atoms with Crippen LogP contribution in [0.5, 0.6) is 0 Å². The number of H-pyrrole nitrogens is 1. The van der Waals surface area contributed by atoms with Gasteiger partial charge in [0.2, 0.25) is 5.56 Å². The van der Waals surface area contributed by atoms with Gasteiger partial charge in [0.15, 0.2) is 0 Å². The van der Waals surface area contributed by atoms with Gasteiger partial charge in [0, 0.05) is 36.4 Å². The number of pyridine rings is 1. The highest BCUT2D eigenvalue weighted by molar-refractivity contribution is 6.06. The Balaban J connectivity index is 1.81. The van der Waals surface area contributed by atoms with Crippen LogP contribution in [0.2, 0.25) is 0 Å². The quantitative estimate of drug-likeness (QED) is 0.780. The summed E-state index contributed by atoms with van der Waals surface area (Å²) in [6.45, 7) is 3.34. The van der Waals surface area contributed by atoms with Crippen LogP contribution in [0.3, 0.4) is 0 Å². The molecule has 1 aliphatic rings. The van der Waals surface area contributed by atoms with Gasteiger partial charge < -0.3 is 14.5 Å². The van der Waals surface area contributed by atoms with Gasteiger partial charge in [-0.1, -0.05) is 6.92 Å². The Hall–Kier alpha value is -2.89. The molecule has 0 aliphatic carbocycles. The third-order valence-electron chi connectivity index (χ3n) is 4.85. The van der Waals surface area contributed by atoms with E-state index in [1.54, 1.807) is 6.07 Å². The molecular formula is C19H18FN3O2. The highest BCUT2D eigenvalue weighted by atomic mass is 19.1. The number of hydrogen-bond donors (Lipinski definition) is 1. The van der Waals surface area contributed by atoms with Crippen LogP contribution < -0.4 is 5.56 Å². The standard InChI is InChI=1S/C19H18FN3O2/c1-2-16-17-4-3-7-22(17)8-9-23(16)19(25)14-11-18(24)21-15-10-12(20)5-6-13(14)15/h3-7,10-11,16H,2,8-9H2,1H3,(H,21,24)/t16-/m0/s1. The summed E-state index contributed by atoms with van der Waals surface area (Å²) < 4.78 is 15.6. The van der Waals surface area contributed by atoms with Crippen LogP contribution in [-0.2, 0) is 6.54 Å². The summed E-state index contributed by atoms with van der Waals surface area (Å²) in [4.78, 5) is 29.6. The van der Waals surface area contributed by atoms with E-state index in [0.29, 0.717) is 23.0 Å². The molecule has 3 heterocycles. The Bertz CT molecular complexity index is 1020. The van der Waals surface area contributed by atoms with Gasteiger partial charge in [0.1, 0.15) is 5.82 Å². The summed E-state index contributed by atoms with van der Waals surface area (Å²) >= 11 is 0. The van der Waals surface area contributed by atoms with Crippen molar-refractivity contribution in [3.8, 4) is 0 Å². The zero-order valence-electron chi connectivity index (χ0n) is 13.8. The van der Waals surface area contributed by atoms with Crippen molar-refractivity contribution in [2.75, 3.05) is 6.54 Å². The molecule has 0 saturated heterocycles. The van der Waals surface area contributed by atoms with Crippen LogP contribution in [0.25, 0.3) is 10.9 Å². The molecule has 5 nitrogen and oxygen atoms in total. The zero-order chi connectivity index (χ0) is 17.6. The Kier molecular flexibility index (Phi) is 3.67. The van der Waals surface area contributed by atoms with Gasteiger partial charge >= 0.3 is 0 Å². The maximum Gasteiger partial charge on any atom is 0.255 e. The minimum absolute atomic E-state index is 0.0361. The summed E-state index contributed by atoms with van der Waals surface area (Å²) in [7, 11) is 0. The number of aromatic amines is 1. The lowest BCUT2D eigenvalue weighted by Gasteiger charge is -2.36. The van der Waals surface area contributed by atoms with E-state index < -0.39 is 11.4 Å². The number of halogens is 1. The van der Waals surface area contributed by atoms with Crippen molar-refractivity contribution in [2.45, 2.75) is 25.9 Å². The number of nitrogens with one attached hydrogen (secondary N) is 1. The van der Waals surface area contributed by atoms with Crippen LogP contribution in [0.1, 0.15) is 35.4 Å². The van der Waals surface area contributed by atoms with E-state index in [4.69, 9.17) is 0 Å². The molecule has 1 atom stereocenters. The number of benzene rings is 1. The first kappa shape index (κ1) is 15.6. The van der Waals surface area contributed by atoms with Gasteiger partial charge in [-0.3, -0.25) is 9.59 Å². The number of rotatable bonds is 2. The molecule has 0 radical (unpaired) electrons. The van der Waals surface area contributed by atoms with Crippen LogP contribution in [-0.4, -0.2) is 26.9 Å². The van der Waals surface area contributed by atoms with Crippen LogP contribution in [0.4, 0.5) is 4.39 Å². The van der Waals surface area contributed by atoms with Crippen LogP contribution in [0, 0.1) is 5.82 Å². The molecular weight excluding hydrogens is 321 g/mol. The first-order valence-corrected chi connectivity index (χ1v) is 8.37. The van der Waals surface area contributed by atoms with Crippen molar-refractivity contribution in [3.05, 3.63) is 70.0 Å². The largest absolute Gasteiger partial charge is 0.348 e. The van der Waals surface area contributed by atoms with Crippen molar-refractivity contribution in [2.24, 2.45) is 0 Å². The molecule has 0 saturated carbocycles. The molecule has 128 valence electrons. The number of amides is 1. The highest BCUT2D eigenvalue weighted by Gasteiger charge is 2.31. The van der Waals surface area contributed by atoms with Gasteiger partial charge in [-0.25, -0.2) is 4.39 Å². The van der Waals surface area contributed by atoms with E-state index in [-0.39, 0.29) is 11.9 Å². The van der Waals surface area contributed by atoms with Crippen LogP contribution >= 0.6 is 0 Å². The van der Waals surface area contributed by atoms with E-state index in [1.165, 1.54) is 18.2 Å². The molecule has 3 aromatic rings. The summed E-state index contributed by atoms with van der Waals surface area (Å²) in [5.41, 5.74) is 1.35. The molecule has 6 heteroatoms. The molecule has 0 spiro atoms. The van der Waals surface area contributed by atoms with Crippen molar-refractivity contribution in [3.63, 3.8) is 0 Å². The monoisotopic (exact) mass is 339 g/mol. The zero-order valence-corrected chi connectivity index (χ0v) is 13.8. The average molecular weight is 339 g/mol. The van der Waals surface area contributed by atoms with Crippen molar-refractivity contribution >= 4 is 16.8 Å². The topological polar surface area (TPSA) is 58.1 Å². The Labute approximate surface area is 143 Å². The summed E-state index contributed by atoms with van der Waals surface area (Å²) in [5.74, 6) is -0.642. The number of aromatic nitrogens is 2. The van der Waals surface area contributed by atoms with Gasteiger partial charge in [0.05, 0.1) is 17.1 Å².